The molecule has 5 heteroatoms. The Morgan fingerprint density at radius 2 is 2.24 bits per heavy atom. The van der Waals surface area contributed by atoms with Crippen molar-refractivity contribution in [1.82, 2.24) is 20.1 Å². The summed E-state index contributed by atoms with van der Waals surface area (Å²) < 4.78 is 1.77. The molecule has 0 bridgehead atoms. The number of amides is 1. The second-order valence-electron chi connectivity index (χ2n) is 6.06. The van der Waals surface area contributed by atoms with Crippen molar-refractivity contribution in [3.63, 3.8) is 0 Å². The van der Waals surface area contributed by atoms with Gasteiger partial charge in [-0.05, 0) is 39.2 Å². The van der Waals surface area contributed by atoms with Gasteiger partial charge < -0.3 is 5.32 Å². The van der Waals surface area contributed by atoms with E-state index in [1.807, 2.05) is 27.0 Å². The first-order chi connectivity index (χ1) is 10.0. The molecule has 2 heterocycles. The minimum absolute atomic E-state index is 0.0187. The molecular formula is C16H22N4O. The molecule has 0 radical (unpaired) electrons. The lowest BCUT2D eigenvalue weighted by molar-refractivity contribution is 0.0940. The molecule has 1 aliphatic rings. The number of aromatic nitrogens is 3. The van der Waals surface area contributed by atoms with Crippen molar-refractivity contribution in [3.05, 3.63) is 23.0 Å². The van der Waals surface area contributed by atoms with Crippen molar-refractivity contribution in [1.29, 1.82) is 0 Å². The topological polar surface area (TPSA) is 59.8 Å². The van der Waals surface area contributed by atoms with Crippen LogP contribution in [0.5, 0.6) is 0 Å². The maximum atomic E-state index is 12.6. The van der Waals surface area contributed by atoms with E-state index in [9.17, 15) is 4.79 Å². The third-order valence-electron chi connectivity index (χ3n) is 4.22. The molecule has 2 aromatic rings. The van der Waals surface area contributed by atoms with Crippen LogP contribution in [0.15, 0.2) is 6.07 Å². The lowest BCUT2D eigenvalue weighted by Gasteiger charge is -2.13. The van der Waals surface area contributed by atoms with E-state index in [1.54, 1.807) is 4.68 Å². The van der Waals surface area contributed by atoms with Crippen LogP contribution in [0.25, 0.3) is 11.0 Å². The number of hydrogen-bond donors (Lipinski definition) is 1. The van der Waals surface area contributed by atoms with Crippen LogP contribution in [0.2, 0.25) is 0 Å². The summed E-state index contributed by atoms with van der Waals surface area (Å²) >= 11 is 0. The van der Waals surface area contributed by atoms with E-state index >= 15 is 0 Å². The van der Waals surface area contributed by atoms with Gasteiger partial charge in [0.05, 0.1) is 16.6 Å². The second kappa shape index (κ2) is 5.13. The van der Waals surface area contributed by atoms with Gasteiger partial charge in [-0.2, -0.15) is 5.10 Å². The maximum Gasteiger partial charge on any atom is 0.252 e. The average molecular weight is 286 g/mol. The van der Waals surface area contributed by atoms with Crippen molar-refractivity contribution in [2.45, 2.75) is 52.0 Å². The summed E-state index contributed by atoms with van der Waals surface area (Å²) in [6.07, 6.45) is 3.25. The van der Waals surface area contributed by atoms with E-state index in [0.717, 1.165) is 28.8 Å². The van der Waals surface area contributed by atoms with Gasteiger partial charge in [0.15, 0.2) is 5.65 Å². The first-order valence-electron chi connectivity index (χ1n) is 7.66. The number of carbonyl (C=O) groups excluding carboxylic acids is 1. The van der Waals surface area contributed by atoms with Crippen molar-refractivity contribution < 1.29 is 4.79 Å². The summed E-state index contributed by atoms with van der Waals surface area (Å²) in [6, 6.07) is 2.13. The van der Waals surface area contributed by atoms with E-state index in [-0.39, 0.29) is 11.9 Å². The molecular weight excluding hydrogens is 264 g/mol. The number of rotatable bonds is 4. The van der Waals surface area contributed by atoms with Crippen LogP contribution < -0.4 is 5.32 Å². The SMILES string of the molecule is CC[C@@H](C)NC(=O)c1cc(C2CC2)nc2c1c(C)nn2C. The summed E-state index contributed by atoms with van der Waals surface area (Å²) in [7, 11) is 1.88. The molecule has 1 saturated carbocycles. The van der Waals surface area contributed by atoms with Gasteiger partial charge in [0, 0.05) is 24.7 Å². The Bertz CT molecular complexity index is 700. The molecule has 5 nitrogen and oxygen atoms in total. The van der Waals surface area contributed by atoms with E-state index in [1.165, 1.54) is 12.8 Å². The van der Waals surface area contributed by atoms with Gasteiger partial charge in [-0.25, -0.2) is 4.98 Å². The molecule has 1 fully saturated rings. The number of nitrogens with one attached hydrogen (secondary N) is 1. The smallest absolute Gasteiger partial charge is 0.252 e. The van der Waals surface area contributed by atoms with E-state index in [4.69, 9.17) is 4.98 Å². The second-order valence-corrected chi connectivity index (χ2v) is 6.06. The average Bonchev–Trinajstić information content (AvgIpc) is 3.26. The van der Waals surface area contributed by atoms with Crippen LogP contribution in [0.3, 0.4) is 0 Å². The first kappa shape index (κ1) is 14.0. The predicted molar refractivity (Wildman–Crippen MR) is 82.4 cm³/mol. The zero-order valence-electron chi connectivity index (χ0n) is 13.1. The fourth-order valence-corrected chi connectivity index (χ4v) is 2.64. The normalized spacial score (nSPS) is 16.2. The van der Waals surface area contributed by atoms with Crippen LogP contribution in [0.4, 0.5) is 0 Å². The van der Waals surface area contributed by atoms with E-state index in [2.05, 4.69) is 17.3 Å². The zero-order valence-corrected chi connectivity index (χ0v) is 13.1. The molecule has 0 aliphatic heterocycles. The lowest BCUT2D eigenvalue weighted by atomic mass is 10.1. The molecule has 0 aromatic carbocycles. The molecule has 3 rings (SSSR count). The van der Waals surface area contributed by atoms with Crippen LogP contribution >= 0.6 is 0 Å². The summed E-state index contributed by atoms with van der Waals surface area (Å²) in [5, 5.41) is 8.36. The number of aryl methyl sites for hydroxylation is 2. The summed E-state index contributed by atoms with van der Waals surface area (Å²) in [5.74, 6) is 0.495. The third-order valence-corrected chi connectivity index (χ3v) is 4.22. The highest BCUT2D eigenvalue weighted by atomic mass is 16.1. The largest absolute Gasteiger partial charge is 0.350 e. The van der Waals surface area contributed by atoms with Crippen LogP contribution in [-0.4, -0.2) is 26.7 Å². The Morgan fingerprint density at radius 1 is 1.52 bits per heavy atom. The molecule has 1 atom stereocenters. The number of hydrogen-bond acceptors (Lipinski definition) is 3. The minimum atomic E-state index is -0.0187. The van der Waals surface area contributed by atoms with Gasteiger partial charge in [-0.3, -0.25) is 9.48 Å². The number of nitrogens with zero attached hydrogens (tertiary/aromatic N) is 3. The van der Waals surface area contributed by atoms with E-state index < -0.39 is 0 Å². The monoisotopic (exact) mass is 286 g/mol. The standard InChI is InChI=1S/C16H22N4O/c1-5-9(2)17-16(21)12-8-13(11-6-7-11)18-15-14(12)10(3)19-20(15)4/h8-9,11H,5-7H2,1-4H3,(H,17,21)/t9-/m1/s1. The predicted octanol–water partition coefficient (Wildman–Crippen LogP) is 2.68. The summed E-state index contributed by atoms with van der Waals surface area (Å²) in [6.45, 7) is 6.02. The molecule has 0 spiro atoms. The molecule has 21 heavy (non-hydrogen) atoms. The van der Waals surface area contributed by atoms with Crippen molar-refractivity contribution in [3.8, 4) is 0 Å². The van der Waals surface area contributed by atoms with Crippen LogP contribution in [0.1, 0.15) is 60.8 Å². The number of pyridine rings is 1. The highest BCUT2D eigenvalue weighted by molar-refractivity contribution is 6.06. The summed E-state index contributed by atoms with van der Waals surface area (Å²) in [5.41, 5.74) is 3.41. The van der Waals surface area contributed by atoms with Crippen molar-refractivity contribution >= 4 is 16.9 Å². The Kier molecular flexibility index (Phi) is 3.43. The fraction of sp³-hybridized carbons (Fsp3) is 0.562. The van der Waals surface area contributed by atoms with Gasteiger partial charge >= 0.3 is 0 Å². The van der Waals surface area contributed by atoms with Crippen LogP contribution in [0, 0.1) is 6.92 Å². The lowest BCUT2D eigenvalue weighted by Crippen LogP contribution is -2.32. The Morgan fingerprint density at radius 3 is 2.86 bits per heavy atom. The van der Waals surface area contributed by atoms with E-state index in [0.29, 0.717) is 11.5 Å². The highest BCUT2D eigenvalue weighted by Gasteiger charge is 2.28. The first-order valence-corrected chi connectivity index (χ1v) is 7.66. The Hall–Kier alpha value is -1.91. The quantitative estimate of drug-likeness (QED) is 0.940. The summed E-state index contributed by atoms with van der Waals surface area (Å²) in [4.78, 5) is 17.3. The minimum Gasteiger partial charge on any atom is -0.350 e. The molecule has 0 saturated heterocycles. The highest BCUT2D eigenvalue weighted by Crippen LogP contribution is 2.40. The van der Waals surface area contributed by atoms with Gasteiger partial charge in [-0.15, -0.1) is 0 Å². The van der Waals surface area contributed by atoms with Gasteiger partial charge in [0.1, 0.15) is 0 Å². The van der Waals surface area contributed by atoms with Crippen molar-refractivity contribution in [2.24, 2.45) is 7.05 Å². The van der Waals surface area contributed by atoms with Crippen molar-refractivity contribution in [2.75, 3.05) is 0 Å². The molecule has 1 aliphatic carbocycles. The Labute approximate surface area is 124 Å². The molecule has 2 aromatic heterocycles. The molecule has 1 amide bonds. The molecule has 112 valence electrons. The maximum absolute atomic E-state index is 12.6. The molecule has 0 unspecified atom stereocenters. The number of fused-ring (bicyclic) bond motifs is 1. The van der Waals surface area contributed by atoms with Gasteiger partial charge in [0.2, 0.25) is 0 Å². The zero-order chi connectivity index (χ0) is 15.1. The van der Waals surface area contributed by atoms with Gasteiger partial charge in [-0.1, -0.05) is 6.92 Å². The Balaban J connectivity index is 2.12. The number of carbonyl (C=O) groups is 1. The van der Waals surface area contributed by atoms with Gasteiger partial charge in [0.25, 0.3) is 5.91 Å². The fourth-order valence-electron chi connectivity index (χ4n) is 2.64. The molecule has 1 N–H and O–H groups in total. The third kappa shape index (κ3) is 2.52. The van der Waals surface area contributed by atoms with Crippen LogP contribution in [-0.2, 0) is 7.05 Å².